The summed E-state index contributed by atoms with van der Waals surface area (Å²) >= 11 is 3.97. The van der Waals surface area contributed by atoms with Crippen LogP contribution in [0, 0.1) is 29.6 Å². The van der Waals surface area contributed by atoms with Gasteiger partial charge in [-0.1, -0.05) is 28.1 Å². The van der Waals surface area contributed by atoms with E-state index in [0.29, 0.717) is 4.83 Å². The van der Waals surface area contributed by atoms with Gasteiger partial charge in [0.25, 0.3) is 5.91 Å². The Kier molecular flexibility index (Phi) is 2.62. The Bertz CT molecular complexity index is 612. The third-order valence-electron chi connectivity index (χ3n) is 6.51. The molecule has 1 aromatic carbocycles. The van der Waals surface area contributed by atoms with Crippen LogP contribution in [-0.2, 0) is 6.42 Å². The van der Waals surface area contributed by atoms with E-state index in [4.69, 9.17) is 0 Å². The van der Waals surface area contributed by atoms with Crippen molar-refractivity contribution in [2.45, 2.75) is 30.5 Å². The van der Waals surface area contributed by atoms with E-state index in [1.165, 1.54) is 30.4 Å². The zero-order valence-electron chi connectivity index (χ0n) is 12.0. The molecule has 0 aromatic heterocycles. The normalized spacial score (nSPS) is 40.4. The Morgan fingerprint density at radius 1 is 1.19 bits per heavy atom. The molecule has 110 valence electrons. The number of fused-ring (bicyclic) bond motifs is 6. The first-order valence-corrected chi connectivity index (χ1v) is 9.20. The molecule has 1 aromatic rings. The first kappa shape index (κ1) is 12.7. The fourth-order valence-electron chi connectivity index (χ4n) is 5.61. The maximum atomic E-state index is 12.0. The number of carbonyl (C=O) groups is 1. The molecule has 21 heavy (non-hydrogen) atoms. The Labute approximate surface area is 133 Å². The predicted molar refractivity (Wildman–Crippen MR) is 85.4 cm³/mol. The van der Waals surface area contributed by atoms with Crippen molar-refractivity contribution in [3.05, 3.63) is 34.9 Å². The van der Waals surface area contributed by atoms with Gasteiger partial charge >= 0.3 is 0 Å². The van der Waals surface area contributed by atoms with Crippen molar-refractivity contribution in [3.8, 4) is 0 Å². The second kappa shape index (κ2) is 4.34. The smallest absolute Gasteiger partial charge is 0.251 e. The third-order valence-corrected chi connectivity index (χ3v) is 7.65. The second-order valence-electron chi connectivity index (χ2n) is 7.39. The molecular weight excluding hydrogens is 326 g/mol. The van der Waals surface area contributed by atoms with Crippen molar-refractivity contribution >= 4 is 21.8 Å². The molecule has 4 aliphatic rings. The van der Waals surface area contributed by atoms with Crippen LogP contribution in [0.3, 0.4) is 0 Å². The molecular formula is C18H20BrNO. The van der Waals surface area contributed by atoms with Crippen molar-refractivity contribution in [3.63, 3.8) is 0 Å². The first-order chi connectivity index (χ1) is 10.2. The Morgan fingerprint density at radius 2 is 1.95 bits per heavy atom. The van der Waals surface area contributed by atoms with Gasteiger partial charge in [0.15, 0.2) is 0 Å². The van der Waals surface area contributed by atoms with E-state index in [-0.39, 0.29) is 5.91 Å². The maximum Gasteiger partial charge on any atom is 0.251 e. The lowest BCUT2D eigenvalue weighted by Gasteiger charge is -2.20. The molecule has 0 radical (unpaired) electrons. The average Bonchev–Trinajstić information content (AvgIpc) is 2.94. The lowest BCUT2D eigenvalue weighted by Crippen LogP contribution is -2.31. The molecule has 2 nitrogen and oxygen atoms in total. The van der Waals surface area contributed by atoms with Gasteiger partial charge in [0.05, 0.1) is 0 Å². The number of hydrogen-bond donors (Lipinski definition) is 1. The van der Waals surface area contributed by atoms with Crippen LogP contribution >= 0.6 is 15.9 Å². The molecule has 1 heterocycles. The number of benzene rings is 1. The zero-order valence-corrected chi connectivity index (χ0v) is 13.6. The van der Waals surface area contributed by atoms with Crippen LogP contribution in [0.5, 0.6) is 0 Å². The predicted octanol–water partition coefficient (Wildman–Crippen LogP) is 3.70. The van der Waals surface area contributed by atoms with Gasteiger partial charge in [-0.25, -0.2) is 0 Å². The van der Waals surface area contributed by atoms with Gasteiger partial charge in [0, 0.05) is 16.9 Å². The second-order valence-corrected chi connectivity index (χ2v) is 8.38. The summed E-state index contributed by atoms with van der Waals surface area (Å²) in [6.45, 7) is 0.777. The van der Waals surface area contributed by atoms with Crippen LogP contribution in [-0.4, -0.2) is 12.5 Å². The lowest BCUT2D eigenvalue weighted by atomic mass is 9.93. The minimum atomic E-state index is 0.105. The number of halogens is 1. The molecule has 2 bridgehead atoms. The summed E-state index contributed by atoms with van der Waals surface area (Å²) < 4.78 is 0. The van der Waals surface area contributed by atoms with Gasteiger partial charge in [0.1, 0.15) is 0 Å². The van der Waals surface area contributed by atoms with Crippen molar-refractivity contribution in [1.29, 1.82) is 0 Å². The summed E-state index contributed by atoms with van der Waals surface area (Å²) in [7, 11) is 0. The number of alkyl halides is 1. The van der Waals surface area contributed by atoms with Crippen LogP contribution in [0.25, 0.3) is 0 Å². The highest BCUT2D eigenvalue weighted by Crippen LogP contribution is 2.73. The highest BCUT2D eigenvalue weighted by atomic mass is 79.9. The Morgan fingerprint density at radius 3 is 2.71 bits per heavy atom. The number of carbonyl (C=O) groups excluding carboxylic acids is 1. The van der Waals surface area contributed by atoms with E-state index in [1.54, 1.807) is 0 Å². The van der Waals surface area contributed by atoms with Crippen LogP contribution in [0.1, 0.15) is 45.6 Å². The molecule has 1 N–H and O–H groups in total. The number of hydrogen-bond acceptors (Lipinski definition) is 1. The van der Waals surface area contributed by atoms with E-state index in [0.717, 1.165) is 48.1 Å². The van der Waals surface area contributed by atoms with Gasteiger partial charge in [-0.05, 0) is 72.5 Å². The summed E-state index contributed by atoms with van der Waals surface area (Å²) in [6.07, 6.45) is 5.40. The summed E-state index contributed by atoms with van der Waals surface area (Å²) in [5.41, 5.74) is 3.42. The first-order valence-electron chi connectivity index (χ1n) is 8.29. The fourth-order valence-corrected chi connectivity index (χ4v) is 6.60. The lowest BCUT2D eigenvalue weighted by molar-refractivity contribution is 0.0946. The van der Waals surface area contributed by atoms with Crippen molar-refractivity contribution in [1.82, 2.24) is 5.32 Å². The Balaban J connectivity index is 1.43. The fraction of sp³-hybridized carbons (Fsp3) is 0.611. The molecule has 5 unspecified atom stereocenters. The number of rotatable bonds is 2. The highest BCUT2D eigenvalue weighted by molar-refractivity contribution is 9.09. The van der Waals surface area contributed by atoms with E-state index in [1.807, 2.05) is 0 Å². The monoisotopic (exact) mass is 345 g/mol. The van der Waals surface area contributed by atoms with Crippen molar-refractivity contribution < 1.29 is 4.79 Å². The van der Waals surface area contributed by atoms with Gasteiger partial charge < -0.3 is 5.32 Å². The molecule has 3 saturated carbocycles. The van der Waals surface area contributed by atoms with Gasteiger partial charge in [-0.2, -0.15) is 0 Å². The third kappa shape index (κ3) is 1.73. The summed E-state index contributed by atoms with van der Waals surface area (Å²) in [5, 5.41) is 2.96. The van der Waals surface area contributed by atoms with Crippen molar-refractivity contribution in [2.24, 2.45) is 29.6 Å². The number of amides is 1. The summed E-state index contributed by atoms with van der Waals surface area (Å²) in [6, 6.07) is 6.55. The molecule has 1 aliphatic heterocycles. The standard InChI is InChI=1S/C18H20BrNO/c19-17(16-14-10-2-3-11(7-10)15(14)16)12-4-1-9-5-6-20-18(21)13(9)8-12/h1,4,8,10-11,14-17H,2-3,5-7H2,(H,20,21). The zero-order chi connectivity index (χ0) is 14.1. The highest BCUT2D eigenvalue weighted by Gasteiger charge is 2.66. The van der Waals surface area contributed by atoms with Crippen LogP contribution in [0.2, 0.25) is 0 Å². The van der Waals surface area contributed by atoms with E-state index >= 15 is 0 Å². The molecule has 5 atom stereocenters. The molecule has 3 aliphatic carbocycles. The molecule has 5 rings (SSSR count). The van der Waals surface area contributed by atoms with Gasteiger partial charge in [0.2, 0.25) is 0 Å². The van der Waals surface area contributed by atoms with Gasteiger partial charge in [-0.15, -0.1) is 0 Å². The minimum Gasteiger partial charge on any atom is -0.352 e. The average molecular weight is 346 g/mol. The topological polar surface area (TPSA) is 29.1 Å². The van der Waals surface area contributed by atoms with E-state index in [2.05, 4.69) is 39.4 Å². The Hall–Kier alpha value is -0.830. The molecule has 3 heteroatoms. The summed E-state index contributed by atoms with van der Waals surface area (Å²) in [4.78, 5) is 12.5. The SMILES string of the molecule is O=C1NCCc2ccc(C(Br)C3C4C5CCC(C5)C43)cc21. The van der Waals surface area contributed by atoms with Crippen LogP contribution in [0.4, 0.5) is 0 Å². The minimum absolute atomic E-state index is 0.105. The molecule has 3 fully saturated rings. The summed E-state index contributed by atoms with van der Waals surface area (Å²) in [5.74, 6) is 4.88. The van der Waals surface area contributed by atoms with Gasteiger partial charge in [-0.3, -0.25) is 4.79 Å². The molecule has 0 spiro atoms. The molecule has 0 saturated heterocycles. The largest absolute Gasteiger partial charge is 0.352 e. The molecule has 1 amide bonds. The van der Waals surface area contributed by atoms with E-state index in [9.17, 15) is 4.79 Å². The van der Waals surface area contributed by atoms with E-state index < -0.39 is 0 Å². The quantitative estimate of drug-likeness (QED) is 0.813. The van der Waals surface area contributed by atoms with Crippen molar-refractivity contribution in [2.75, 3.05) is 6.54 Å². The van der Waals surface area contributed by atoms with Crippen LogP contribution in [0.15, 0.2) is 18.2 Å². The van der Waals surface area contributed by atoms with Crippen LogP contribution < -0.4 is 5.32 Å². The number of nitrogens with one attached hydrogen (secondary N) is 1. The maximum absolute atomic E-state index is 12.0.